The van der Waals surface area contributed by atoms with Crippen LogP contribution in [0.25, 0.3) is 4.96 Å². The van der Waals surface area contributed by atoms with Crippen molar-refractivity contribution >= 4 is 16.3 Å². The van der Waals surface area contributed by atoms with E-state index in [1.807, 2.05) is 11.3 Å². The zero-order valence-electron chi connectivity index (χ0n) is 7.99. The van der Waals surface area contributed by atoms with E-state index in [-0.39, 0.29) is 0 Å². The fourth-order valence-electron chi connectivity index (χ4n) is 2.11. The van der Waals surface area contributed by atoms with Gasteiger partial charge in [0, 0.05) is 23.3 Å². The first-order chi connectivity index (χ1) is 6.88. The average molecular weight is 207 g/mol. The molecule has 0 amide bonds. The number of nitrogens with two attached hydrogens (primary N) is 1. The normalized spacial score (nSPS) is 16.1. The Labute approximate surface area is 86.6 Å². The quantitative estimate of drug-likeness (QED) is 0.774. The van der Waals surface area contributed by atoms with Crippen LogP contribution < -0.4 is 5.73 Å². The Morgan fingerprint density at radius 2 is 2.29 bits per heavy atom. The van der Waals surface area contributed by atoms with Crippen LogP contribution in [0.4, 0.5) is 0 Å². The van der Waals surface area contributed by atoms with E-state index >= 15 is 0 Å². The summed E-state index contributed by atoms with van der Waals surface area (Å²) in [7, 11) is 0. The van der Waals surface area contributed by atoms with Gasteiger partial charge >= 0.3 is 0 Å². The van der Waals surface area contributed by atoms with Gasteiger partial charge in [-0.1, -0.05) is 0 Å². The maximum atomic E-state index is 5.58. The summed E-state index contributed by atoms with van der Waals surface area (Å²) in [5.74, 6) is 0. The second-order valence-electron chi connectivity index (χ2n) is 3.77. The van der Waals surface area contributed by atoms with Crippen LogP contribution in [0, 0.1) is 0 Å². The number of imidazole rings is 1. The van der Waals surface area contributed by atoms with Gasteiger partial charge < -0.3 is 5.73 Å². The van der Waals surface area contributed by atoms with E-state index in [9.17, 15) is 0 Å². The molecule has 0 saturated carbocycles. The highest BCUT2D eigenvalue weighted by molar-refractivity contribution is 7.17. The summed E-state index contributed by atoms with van der Waals surface area (Å²) in [5, 5.41) is 0. The third kappa shape index (κ3) is 1.11. The number of nitrogens with zero attached hydrogens (tertiary/aromatic N) is 2. The molecule has 0 aromatic carbocycles. The highest BCUT2D eigenvalue weighted by atomic mass is 32.1. The minimum atomic E-state index is 0.545. The van der Waals surface area contributed by atoms with Gasteiger partial charge in [-0.15, -0.1) is 11.3 Å². The van der Waals surface area contributed by atoms with Crippen LogP contribution >= 0.6 is 11.3 Å². The lowest BCUT2D eigenvalue weighted by Crippen LogP contribution is -2.02. The summed E-state index contributed by atoms with van der Waals surface area (Å²) in [6, 6.07) is 0. The predicted octanol–water partition coefficient (Wildman–Crippen LogP) is 1.73. The summed E-state index contributed by atoms with van der Waals surface area (Å²) in [6.07, 6.45) is 7.18. The summed E-state index contributed by atoms with van der Waals surface area (Å²) in [6.45, 7) is 0.545. The molecule has 0 fully saturated rings. The molecule has 1 aliphatic carbocycles. The van der Waals surface area contributed by atoms with E-state index in [1.165, 1.54) is 36.3 Å². The van der Waals surface area contributed by atoms with Gasteiger partial charge in [0.25, 0.3) is 0 Å². The lowest BCUT2D eigenvalue weighted by Gasteiger charge is -2.09. The Balaban J connectivity index is 2.21. The topological polar surface area (TPSA) is 43.3 Å². The Morgan fingerprint density at radius 1 is 1.43 bits per heavy atom. The van der Waals surface area contributed by atoms with Crippen molar-refractivity contribution in [1.82, 2.24) is 9.38 Å². The number of fused-ring (bicyclic) bond motifs is 3. The lowest BCUT2D eigenvalue weighted by molar-refractivity contribution is 0.674. The minimum absolute atomic E-state index is 0.545. The highest BCUT2D eigenvalue weighted by Gasteiger charge is 2.17. The molecule has 0 bridgehead atoms. The smallest absolute Gasteiger partial charge is 0.194 e. The third-order valence-corrected chi connectivity index (χ3v) is 3.98. The monoisotopic (exact) mass is 207 g/mol. The maximum absolute atomic E-state index is 5.58. The number of hydrogen-bond acceptors (Lipinski definition) is 3. The molecule has 4 heteroatoms. The molecule has 0 aliphatic heterocycles. The van der Waals surface area contributed by atoms with Crippen molar-refractivity contribution in [2.45, 2.75) is 32.2 Å². The number of thiazole rings is 1. The molecule has 2 heterocycles. The van der Waals surface area contributed by atoms with Crippen molar-refractivity contribution < 1.29 is 0 Å². The molecule has 0 radical (unpaired) electrons. The summed E-state index contributed by atoms with van der Waals surface area (Å²) in [4.78, 5) is 7.15. The number of rotatable bonds is 1. The minimum Gasteiger partial charge on any atom is -0.325 e. The molecular formula is C10H13N3S. The van der Waals surface area contributed by atoms with Gasteiger partial charge in [0.2, 0.25) is 0 Å². The molecule has 1 aliphatic rings. The van der Waals surface area contributed by atoms with E-state index in [0.29, 0.717) is 6.54 Å². The van der Waals surface area contributed by atoms with E-state index in [4.69, 9.17) is 5.73 Å². The fourth-order valence-corrected chi connectivity index (χ4v) is 3.32. The molecule has 2 aromatic heterocycles. The summed E-state index contributed by atoms with van der Waals surface area (Å²) in [5.41, 5.74) is 8.06. The van der Waals surface area contributed by atoms with Crippen LogP contribution in [-0.4, -0.2) is 9.38 Å². The Kier molecular flexibility index (Phi) is 1.85. The maximum Gasteiger partial charge on any atom is 0.194 e. The van der Waals surface area contributed by atoms with Crippen LogP contribution in [0.15, 0.2) is 6.20 Å². The molecule has 0 atom stereocenters. The fraction of sp³-hybridized carbons (Fsp3) is 0.500. The van der Waals surface area contributed by atoms with Crippen molar-refractivity contribution in [3.05, 3.63) is 22.5 Å². The standard InChI is InChI=1S/C10H13N3S/c11-5-7-6-13-8-3-1-2-4-9(8)14-10(13)12-7/h6H,1-5,11H2. The predicted molar refractivity (Wildman–Crippen MR) is 57.6 cm³/mol. The molecule has 74 valence electrons. The first-order valence-corrected chi connectivity index (χ1v) is 5.88. The van der Waals surface area contributed by atoms with Crippen molar-refractivity contribution in [2.24, 2.45) is 5.73 Å². The molecule has 0 saturated heterocycles. The lowest BCUT2D eigenvalue weighted by atomic mass is 10.0. The van der Waals surface area contributed by atoms with Crippen LogP contribution in [0.5, 0.6) is 0 Å². The molecule has 2 N–H and O–H groups in total. The Morgan fingerprint density at radius 3 is 3.14 bits per heavy atom. The number of aromatic nitrogens is 2. The average Bonchev–Trinajstić information content (AvgIpc) is 2.73. The zero-order chi connectivity index (χ0) is 9.54. The SMILES string of the molecule is NCc1cn2c3c(sc2n1)CCCC3. The summed E-state index contributed by atoms with van der Waals surface area (Å²) >= 11 is 1.83. The molecule has 0 unspecified atom stereocenters. The first-order valence-electron chi connectivity index (χ1n) is 5.07. The van der Waals surface area contributed by atoms with Gasteiger partial charge in [-0.25, -0.2) is 4.98 Å². The Hall–Kier alpha value is -0.870. The van der Waals surface area contributed by atoms with Crippen molar-refractivity contribution in [3.63, 3.8) is 0 Å². The molecule has 14 heavy (non-hydrogen) atoms. The van der Waals surface area contributed by atoms with E-state index in [0.717, 1.165) is 10.7 Å². The van der Waals surface area contributed by atoms with Gasteiger partial charge in [-0.05, 0) is 25.7 Å². The van der Waals surface area contributed by atoms with Gasteiger partial charge in [-0.2, -0.15) is 0 Å². The number of hydrogen-bond donors (Lipinski definition) is 1. The third-order valence-electron chi connectivity index (χ3n) is 2.83. The van der Waals surface area contributed by atoms with E-state index in [1.54, 1.807) is 0 Å². The molecular weight excluding hydrogens is 194 g/mol. The number of aryl methyl sites for hydroxylation is 2. The van der Waals surface area contributed by atoms with E-state index < -0.39 is 0 Å². The molecule has 2 aromatic rings. The van der Waals surface area contributed by atoms with Gasteiger partial charge in [-0.3, -0.25) is 4.40 Å². The molecule has 3 rings (SSSR count). The van der Waals surface area contributed by atoms with Crippen molar-refractivity contribution in [3.8, 4) is 0 Å². The van der Waals surface area contributed by atoms with Crippen LogP contribution in [-0.2, 0) is 19.4 Å². The second-order valence-corrected chi connectivity index (χ2v) is 4.83. The zero-order valence-corrected chi connectivity index (χ0v) is 8.81. The van der Waals surface area contributed by atoms with Gasteiger partial charge in [0.1, 0.15) is 0 Å². The van der Waals surface area contributed by atoms with Crippen molar-refractivity contribution in [2.75, 3.05) is 0 Å². The largest absolute Gasteiger partial charge is 0.325 e. The first kappa shape index (κ1) is 8.44. The van der Waals surface area contributed by atoms with E-state index in [2.05, 4.69) is 15.6 Å². The van der Waals surface area contributed by atoms with Gasteiger partial charge in [0.05, 0.1) is 5.69 Å². The van der Waals surface area contributed by atoms with Crippen molar-refractivity contribution in [1.29, 1.82) is 0 Å². The summed E-state index contributed by atoms with van der Waals surface area (Å²) < 4.78 is 2.24. The molecule has 0 spiro atoms. The Bertz CT molecular complexity index is 469. The molecule has 3 nitrogen and oxygen atoms in total. The van der Waals surface area contributed by atoms with Crippen LogP contribution in [0.1, 0.15) is 29.1 Å². The van der Waals surface area contributed by atoms with Crippen LogP contribution in [0.3, 0.4) is 0 Å². The van der Waals surface area contributed by atoms with Gasteiger partial charge in [0.15, 0.2) is 4.96 Å². The second kappa shape index (κ2) is 3.07. The van der Waals surface area contributed by atoms with Crippen LogP contribution in [0.2, 0.25) is 0 Å². The highest BCUT2D eigenvalue weighted by Crippen LogP contribution is 2.29.